The number of aromatic hydroxyl groups is 1. The van der Waals surface area contributed by atoms with E-state index in [1.807, 2.05) is 9.13 Å². The lowest BCUT2D eigenvalue weighted by Gasteiger charge is -2.31. The van der Waals surface area contributed by atoms with Crippen molar-refractivity contribution in [3.8, 4) is 5.88 Å². The van der Waals surface area contributed by atoms with Gasteiger partial charge in [-0.25, -0.2) is 4.57 Å². The van der Waals surface area contributed by atoms with Gasteiger partial charge in [-0.15, -0.1) is 0 Å². The first-order valence-electron chi connectivity index (χ1n) is 7.37. The Morgan fingerprint density at radius 3 is 2.84 bits per heavy atom. The molecule has 5 heteroatoms. The summed E-state index contributed by atoms with van der Waals surface area (Å²) in [6.45, 7) is 5.69. The van der Waals surface area contributed by atoms with E-state index in [0.717, 1.165) is 57.8 Å². The molecule has 3 rings (SSSR count). The highest BCUT2D eigenvalue weighted by atomic mass is 16.3. The van der Waals surface area contributed by atoms with Gasteiger partial charge < -0.3 is 5.11 Å². The van der Waals surface area contributed by atoms with E-state index < -0.39 is 0 Å². The monoisotopic (exact) mass is 264 g/mol. The van der Waals surface area contributed by atoms with Gasteiger partial charge in [-0.3, -0.25) is 9.69 Å². The Morgan fingerprint density at radius 1 is 1.26 bits per heavy atom. The Labute approximate surface area is 113 Å². The second-order valence-electron chi connectivity index (χ2n) is 5.51. The van der Waals surface area contributed by atoms with E-state index >= 15 is 0 Å². The van der Waals surface area contributed by atoms with Crippen LogP contribution >= 0.6 is 0 Å². The molecule has 0 amide bonds. The van der Waals surface area contributed by atoms with Gasteiger partial charge in [0.05, 0.1) is 26.2 Å². The summed E-state index contributed by atoms with van der Waals surface area (Å²) in [7, 11) is 0. The van der Waals surface area contributed by atoms with Crippen LogP contribution in [0.3, 0.4) is 0 Å². The molecule has 1 aromatic heterocycles. The SMILES string of the molecule is CCCCc1c(O)[n+]2c3n(c1=O)CCCN3CCC2. The fourth-order valence-electron chi connectivity index (χ4n) is 3.23. The van der Waals surface area contributed by atoms with Crippen LogP contribution in [0.1, 0.15) is 38.2 Å². The van der Waals surface area contributed by atoms with Gasteiger partial charge in [-0.05, 0) is 12.8 Å². The van der Waals surface area contributed by atoms with Gasteiger partial charge in [0, 0.05) is 12.8 Å². The molecule has 0 bridgehead atoms. The molecule has 104 valence electrons. The highest BCUT2D eigenvalue weighted by molar-refractivity contribution is 5.33. The molecule has 0 atom stereocenters. The summed E-state index contributed by atoms with van der Waals surface area (Å²) in [6, 6.07) is 0. The van der Waals surface area contributed by atoms with E-state index in [1.54, 1.807) is 0 Å². The summed E-state index contributed by atoms with van der Waals surface area (Å²) >= 11 is 0. The summed E-state index contributed by atoms with van der Waals surface area (Å²) < 4.78 is 3.81. The molecule has 0 saturated heterocycles. The van der Waals surface area contributed by atoms with Crippen molar-refractivity contribution in [3.05, 3.63) is 15.9 Å². The number of nitrogens with zero attached hydrogens (tertiary/aromatic N) is 3. The molecule has 3 heterocycles. The van der Waals surface area contributed by atoms with E-state index in [-0.39, 0.29) is 11.4 Å². The van der Waals surface area contributed by atoms with E-state index in [9.17, 15) is 9.90 Å². The third-order valence-electron chi connectivity index (χ3n) is 4.19. The molecule has 0 unspecified atom stereocenters. The van der Waals surface area contributed by atoms with Gasteiger partial charge in [0.15, 0.2) is 0 Å². The number of rotatable bonds is 3. The molecule has 0 saturated carbocycles. The van der Waals surface area contributed by atoms with Crippen LogP contribution in [0, 0.1) is 0 Å². The molecule has 19 heavy (non-hydrogen) atoms. The van der Waals surface area contributed by atoms with E-state index in [2.05, 4.69) is 11.8 Å². The van der Waals surface area contributed by atoms with Crippen LogP contribution in [0.15, 0.2) is 4.79 Å². The van der Waals surface area contributed by atoms with Crippen molar-refractivity contribution in [2.24, 2.45) is 0 Å². The number of hydrogen-bond donors (Lipinski definition) is 1. The lowest BCUT2D eigenvalue weighted by atomic mass is 10.1. The average molecular weight is 264 g/mol. The van der Waals surface area contributed by atoms with Crippen LogP contribution in [-0.4, -0.2) is 22.8 Å². The molecule has 1 N–H and O–H groups in total. The van der Waals surface area contributed by atoms with Crippen molar-refractivity contribution in [1.82, 2.24) is 4.57 Å². The third-order valence-corrected chi connectivity index (χ3v) is 4.19. The number of unbranched alkanes of at least 4 members (excludes halogenated alkanes) is 1. The highest BCUT2D eigenvalue weighted by Gasteiger charge is 2.36. The normalized spacial score (nSPS) is 17.4. The van der Waals surface area contributed by atoms with Crippen molar-refractivity contribution in [1.29, 1.82) is 0 Å². The summed E-state index contributed by atoms with van der Waals surface area (Å²) in [5.74, 6) is 1.12. The summed E-state index contributed by atoms with van der Waals surface area (Å²) in [6.07, 6.45) is 4.72. The third kappa shape index (κ3) is 1.91. The van der Waals surface area contributed by atoms with Crippen LogP contribution in [0.25, 0.3) is 0 Å². The maximum Gasteiger partial charge on any atom is 0.365 e. The van der Waals surface area contributed by atoms with Crippen LogP contribution in [0.4, 0.5) is 5.95 Å². The first-order valence-corrected chi connectivity index (χ1v) is 7.37. The maximum absolute atomic E-state index is 12.5. The number of hydrogen-bond acceptors (Lipinski definition) is 3. The van der Waals surface area contributed by atoms with Gasteiger partial charge in [-0.1, -0.05) is 13.3 Å². The van der Waals surface area contributed by atoms with Gasteiger partial charge in [0.25, 0.3) is 5.88 Å². The van der Waals surface area contributed by atoms with Crippen molar-refractivity contribution < 1.29 is 9.67 Å². The predicted molar refractivity (Wildman–Crippen MR) is 72.6 cm³/mol. The predicted octanol–water partition coefficient (Wildman–Crippen LogP) is 0.798. The zero-order valence-electron chi connectivity index (χ0n) is 11.6. The largest absolute Gasteiger partial charge is 0.483 e. The summed E-state index contributed by atoms with van der Waals surface area (Å²) in [5, 5.41) is 10.4. The highest BCUT2D eigenvalue weighted by Crippen LogP contribution is 2.23. The molecule has 0 aliphatic carbocycles. The maximum atomic E-state index is 12.5. The molecule has 0 spiro atoms. The summed E-state index contributed by atoms with van der Waals surface area (Å²) in [5.41, 5.74) is 0.623. The Balaban J connectivity index is 2.17. The topological polar surface area (TPSA) is 49.4 Å². The molecular weight excluding hydrogens is 242 g/mol. The lowest BCUT2D eigenvalue weighted by molar-refractivity contribution is -0.699. The van der Waals surface area contributed by atoms with Crippen molar-refractivity contribution in [2.75, 3.05) is 18.0 Å². The molecule has 2 aliphatic rings. The Bertz CT molecular complexity index is 549. The molecule has 0 aromatic carbocycles. The lowest BCUT2D eigenvalue weighted by Crippen LogP contribution is -2.56. The molecule has 5 nitrogen and oxygen atoms in total. The second-order valence-corrected chi connectivity index (χ2v) is 5.51. The van der Waals surface area contributed by atoms with E-state index in [1.165, 1.54) is 0 Å². The van der Waals surface area contributed by atoms with Gasteiger partial charge in [0.2, 0.25) is 0 Å². The standard InChI is InChI=1S/C14H21N3O2/c1-2-3-6-11-12(18)16-9-4-7-15-8-5-10-17(13(11)19)14(15)16/h2-10H2,1H3/p+1. The molecule has 0 radical (unpaired) electrons. The fraction of sp³-hybridized carbons (Fsp3) is 0.714. The van der Waals surface area contributed by atoms with Crippen LogP contribution in [0.2, 0.25) is 0 Å². The smallest absolute Gasteiger partial charge is 0.365 e. The van der Waals surface area contributed by atoms with Crippen LogP contribution in [-0.2, 0) is 19.5 Å². The molecule has 0 fully saturated rings. The number of aromatic nitrogens is 2. The van der Waals surface area contributed by atoms with Gasteiger partial charge in [-0.2, -0.15) is 4.57 Å². The minimum absolute atomic E-state index is 0.0174. The Hall–Kier alpha value is -1.52. The van der Waals surface area contributed by atoms with Gasteiger partial charge in [0.1, 0.15) is 5.56 Å². The first kappa shape index (κ1) is 12.5. The molecule has 1 aromatic rings. The van der Waals surface area contributed by atoms with E-state index in [0.29, 0.717) is 12.0 Å². The minimum atomic E-state index is 0.0174. The van der Waals surface area contributed by atoms with E-state index in [4.69, 9.17) is 0 Å². The zero-order valence-corrected chi connectivity index (χ0v) is 11.6. The Kier molecular flexibility index (Phi) is 3.21. The molecular formula is C14H22N3O2+. The summed E-state index contributed by atoms with van der Waals surface area (Å²) in [4.78, 5) is 14.8. The van der Waals surface area contributed by atoms with Crippen molar-refractivity contribution in [3.63, 3.8) is 0 Å². The first-order chi connectivity index (χ1) is 9.24. The second kappa shape index (κ2) is 4.87. The number of anilines is 1. The van der Waals surface area contributed by atoms with Crippen molar-refractivity contribution in [2.45, 2.75) is 52.1 Å². The van der Waals surface area contributed by atoms with Crippen LogP contribution < -0.4 is 15.0 Å². The zero-order chi connectivity index (χ0) is 13.4. The minimum Gasteiger partial charge on any atom is -0.483 e. The Morgan fingerprint density at radius 2 is 2.05 bits per heavy atom. The molecule has 2 aliphatic heterocycles. The quantitative estimate of drug-likeness (QED) is 0.822. The average Bonchev–Trinajstić information content (AvgIpc) is 2.44. The van der Waals surface area contributed by atoms with Gasteiger partial charge >= 0.3 is 11.5 Å². The fourth-order valence-corrected chi connectivity index (χ4v) is 3.23. The van der Waals surface area contributed by atoms with Crippen molar-refractivity contribution >= 4 is 5.95 Å². The van der Waals surface area contributed by atoms with Crippen LogP contribution in [0.5, 0.6) is 5.88 Å².